The molecule has 1 heterocycles. The Hall–Kier alpha value is -3.23. The molecule has 0 fully saturated rings. The molecule has 1 unspecified atom stereocenters. The van der Waals surface area contributed by atoms with Crippen molar-refractivity contribution in [3.63, 3.8) is 0 Å². The Kier molecular flexibility index (Phi) is 9.18. The number of rotatable bonds is 12. The molecule has 3 atom stereocenters. The van der Waals surface area contributed by atoms with Crippen LogP contribution in [-0.2, 0) is 33.8 Å². The van der Waals surface area contributed by atoms with E-state index >= 15 is 0 Å². The average molecular weight is 468 g/mol. The Labute approximate surface area is 199 Å². The lowest BCUT2D eigenvalue weighted by Crippen LogP contribution is -2.57. The molecule has 0 aromatic heterocycles. The normalized spacial score (nSPS) is 17.0. The number of nitrogens with zero attached hydrogens (tertiary/aromatic N) is 1. The molecule has 0 radical (unpaired) electrons. The number of carboxylic acids is 2. The first-order chi connectivity index (χ1) is 16.4. The zero-order chi connectivity index (χ0) is 24.5. The van der Waals surface area contributed by atoms with Gasteiger partial charge in [0.25, 0.3) is 0 Å². The van der Waals surface area contributed by atoms with Crippen molar-refractivity contribution in [2.45, 2.75) is 63.2 Å². The molecule has 182 valence electrons. The minimum atomic E-state index is -1.07. The molecule has 5 N–H and O–H groups in total. The van der Waals surface area contributed by atoms with E-state index in [0.717, 1.165) is 16.7 Å². The molecule has 0 bridgehead atoms. The van der Waals surface area contributed by atoms with Crippen molar-refractivity contribution in [3.8, 4) is 0 Å². The molecule has 1 amide bonds. The highest BCUT2D eigenvalue weighted by Gasteiger charge is 2.38. The topological polar surface area (TPSA) is 133 Å². The number of unbranched alkanes of at least 4 members (excludes halogenated alkanes) is 1. The van der Waals surface area contributed by atoms with Crippen molar-refractivity contribution in [2.75, 3.05) is 6.54 Å². The number of hydrogen-bond donors (Lipinski definition) is 4. The van der Waals surface area contributed by atoms with E-state index < -0.39 is 30.1 Å². The molecule has 1 aliphatic rings. The zero-order valence-electron chi connectivity index (χ0n) is 19.2. The zero-order valence-corrected chi connectivity index (χ0v) is 19.2. The monoisotopic (exact) mass is 467 g/mol. The van der Waals surface area contributed by atoms with Crippen LogP contribution in [0.25, 0.3) is 0 Å². The van der Waals surface area contributed by atoms with E-state index in [1.54, 1.807) is 0 Å². The van der Waals surface area contributed by atoms with Crippen LogP contribution in [-0.4, -0.2) is 57.6 Å². The summed E-state index contributed by atoms with van der Waals surface area (Å²) in [6.07, 6.45) is 2.79. The van der Waals surface area contributed by atoms with E-state index in [1.165, 1.54) is 4.90 Å². The summed E-state index contributed by atoms with van der Waals surface area (Å²) in [7, 11) is 0. The van der Waals surface area contributed by atoms with Gasteiger partial charge in [0, 0.05) is 13.0 Å². The van der Waals surface area contributed by atoms with Gasteiger partial charge in [0.05, 0.1) is 6.04 Å². The van der Waals surface area contributed by atoms with Gasteiger partial charge < -0.3 is 20.8 Å². The lowest BCUT2D eigenvalue weighted by molar-refractivity contribution is -0.153. The third-order valence-electron chi connectivity index (χ3n) is 6.33. The summed E-state index contributed by atoms with van der Waals surface area (Å²) in [5, 5.41) is 22.7. The Morgan fingerprint density at radius 2 is 1.62 bits per heavy atom. The summed E-state index contributed by atoms with van der Waals surface area (Å²) in [4.78, 5) is 39.0. The smallest absolute Gasteiger partial charge is 0.326 e. The van der Waals surface area contributed by atoms with Gasteiger partial charge in [0.15, 0.2) is 0 Å². The third kappa shape index (κ3) is 6.65. The first-order valence-electron chi connectivity index (χ1n) is 11.7. The number of aryl methyl sites for hydroxylation is 1. The number of carbonyl (C=O) groups is 3. The molecule has 1 aliphatic heterocycles. The van der Waals surface area contributed by atoms with Gasteiger partial charge in [-0.25, -0.2) is 4.79 Å². The molecule has 0 spiro atoms. The van der Waals surface area contributed by atoms with Crippen LogP contribution in [0.3, 0.4) is 0 Å². The second kappa shape index (κ2) is 12.3. The lowest BCUT2D eigenvalue weighted by Gasteiger charge is -2.37. The highest BCUT2D eigenvalue weighted by atomic mass is 16.4. The first-order valence-corrected chi connectivity index (χ1v) is 11.7. The van der Waals surface area contributed by atoms with Gasteiger partial charge in [-0.15, -0.1) is 0 Å². The largest absolute Gasteiger partial charge is 0.480 e. The number of fused-ring (bicyclic) bond motifs is 1. The molecule has 8 heteroatoms. The van der Waals surface area contributed by atoms with E-state index in [0.29, 0.717) is 38.6 Å². The summed E-state index contributed by atoms with van der Waals surface area (Å²) in [5.41, 5.74) is 8.46. The molecule has 2 aromatic carbocycles. The Bertz CT molecular complexity index is 981. The van der Waals surface area contributed by atoms with Crippen LogP contribution in [0.15, 0.2) is 54.6 Å². The maximum absolute atomic E-state index is 13.6. The predicted octanol–water partition coefficient (Wildman–Crippen LogP) is 2.20. The van der Waals surface area contributed by atoms with Crippen molar-refractivity contribution in [3.05, 3.63) is 71.3 Å². The molecular weight excluding hydrogens is 434 g/mol. The molecule has 34 heavy (non-hydrogen) atoms. The number of carbonyl (C=O) groups excluding carboxylic acids is 1. The van der Waals surface area contributed by atoms with Gasteiger partial charge in [-0.2, -0.15) is 0 Å². The van der Waals surface area contributed by atoms with Crippen molar-refractivity contribution in [1.82, 2.24) is 10.2 Å². The van der Waals surface area contributed by atoms with Gasteiger partial charge in [-0.05, 0) is 48.9 Å². The van der Waals surface area contributed by atoms with Gasteiger partial charge in [0.1, 0.15) is 12.1 Å². The van der Waals surface area contributed by atoms with Crippen LogP contribution in [0.2, 0.25) is 0 Å². The SMILES string of the molecule is NCCCC[C@H](N[C@@H](CCc1ccccc1)C(=O)O)C(=O)N1Cc2ccccc2CC1C(=O)O. The highest BCUT2D eigenvalue weighted by Crippen LogP contribution is 2.25. The van der Waals surface area contributed by atoms with E-state index in [-0.39, 0.29) is 18.9 Å². The van der Waals surface area contributed by atoms with Crippen LogP contribution in [0.5, 0.6) is 0 Å². The number of hydrogen-bond acceptors (Lipinski definition) is 5. The van der Waals surface area contributed by atoms with Crippen LogP contribution >= 0.6 is 0 Å². The van der Waals surface area contributed by atoms with Gasteiger partial charge in [-0.1, -0.05) is 61.0 Å². The average Bonchev–Trinajstić information content (AvgIpc) is 2.84. The molecule has 8 nitrogen and oxygen atoms in total. The van der Waals surface area contributed by atoms with Crippen LogP contribution in [0, 0.1) is 0 Å². The molecule has 2 aromatic rings. The van der Waals surface area contributed by atoms with Crippen molar-refractivity contribution in [1.29, 1.82) is 0 Å². The number of amides is 1. The molecular formula is C26H33N3O5. The fraction of sp³-hybridized carbons (Fsp3) is 0.423. The van der Waals surface area contributed by atoms with E-state index in [9.17, 15) is 24.6 Å². The molecule has 3 rings (SSSR count). The Morgan fingerprint density at radius 3 is 2.26 bits per heavy atom. The molecule has 0 aliphatic carbocycles. The number of benzene rings is 2. The summed E-state index contributed by atoms with van der Waals surface area (Å²) in [5.74, 6) is -2.49. The summed E-state index contributed by atoms with van der Waals surface area (Å²) < 4.78 is 0. The Balaban J connectivity index is 1.79. The predicted molar refractivity (Wildman–Crippen MR) is 128 cm³/mol. The third-order valence-corrected chi connectivity index (χ3v) is 6.33. The van der Waals surface area contributed by atoms with E-state index in [4.69, 9.17) is 5.73 Å². The van der Waals surface area contributed by atoms with Gasteiger partial charge in [0.2, 0.25) is 5.91 Å². The van der Waals surface area contributed by atoms with Crippen LogP contribution in [0.1, 0.15) is 42.4 Å². The van der Waals surface area contributed by atoms with Gasteiger partial charge >= 0.3 is 11.9 Å². The summed E-state index contributed by atoms with van der Waals surface area (Å²) in [6.45, 7) is 0.648. The summed E-state index contributed by atoms with van der Waals surface area (Å²) >= 11 is 0. The van der Waals surface area contributed by atoms with Crippen molar-refractivity contribution >= 4 is 17.8 Å². The van der Waals surface area contributed by atoms with E-state index in [2.05, 4.69) is 5.32 Å². The van der Waals surface area contributed by atoms with E-state index in [1.807, 2.05) is 54.6 Å². The van der Waals surface area contributed by atoms with Crippen molar-refractivity contribution < 1.29 is 24.6 Å². The maximum Gasteiger partial charge on any atom is 0.326 e. The fourth-order valence-corrected chi connectivity index (χ4v) is 4.42. The first kappa shape index (κ1) is 25.4. The van der Waals surface area contributed by atoms with Crippen LogP contribution < -0.4 is 11.1 Å². The molecule has 0 saturated heterocycles. The standard InChI is InChI=1S/C26H33N3O5/c27-15-7-6-12-21(28-22(25(31)32)14-13-18-8-2-1-3-9-18)24(30)29-17-20-11-5-4-10-19(20)16-23(29)26(33)34/h1-5,8-11,21-23,28H,6-7,12-17,27H2,(H,31,32)(H,33,34)/t21-,22-,23?/m0/s1. The maximum atomic E-state index is 13.6. The van der Waals surface area contributed by atoms with Gasteiger partial charge in [-0.3, -0.25) is 14.9 Å². The number of nitrogens with two attached hydrogens (primary N) is 1. The quantitative estimate of drug-likeness (QED) is 0.352. The highest BCUT2D eigenvalue weighted by molar-refractivity contribution is 5.88. The summed E-state index contributed by atoms with van der Waals surface area (Å²) in [6, 6.07) is 14.3. The lowest BCUT2D eigenvalue weighted by atomic mass is 9.92. The fourth-order valence-electron chi connectivity index (χ4n) is 4.42. The number of carboxylic acid groups (broad SMARTS) is 2. The second-order valence-electron chi connectivity index (χ2n) is 8.71. The van der Waals surface area contributed by atoms with Crippen LogP contribution in [0.4, 0.5) is 0 Å². The minimum absolute atomic E-state index is 0.183. The number of nitrogens with one attached hydrogen (secondary N) is 1. The Morgan fingerprint density at radius 1 is 0.941 bits per heavy atom. The molecule has 0 saturated carbocycles. The minimum Gasteiger partial charge on any atom is -0.480 e. The van der Waals surface area contributed by atoms with Crippen molar-refractivity contribution in [2.24, 2.45) is 5.73 Å². The second-order valence-corrected chi connectivity index (χ2v) is 8.71. The number of aliphatic carboxylic acids is 2.